The van der Waals surface area contributed by atoms with Gasteiger partial charge in [-0.05, 0) is 0 Å². The van der Waals surface area contributed by atoms with E-state index in [1.807, 2.05) is 0 Å². The van der Waals surface area contributed by atoms with Gasteiger partial charge in [0, 0.05) is 19.4 Å². The van der Waals surface area contributed by atoms with Crippen LogP contribution in [0.2, 0.25) is 5.15 Å². The molecule has 2 aromatic rings. The molecule has 0 aliphatic heterocycles. The van der Waals surface area contributed by atoms with E-state index in [0.29, 0.717) is 0 Å². The molecule has 0 unspecified atom stereocenters. The maximum Gasteiger partial charge on any atom is 0.284 e. The van der Waals surface area contributed by atoms with Gasteiger partial charge in [0.25, 0.3) is 10.0 Å². The van der Waals surface area contributed by atoms with Gasteiger partial charge in [-0.25, -0.2) is 14.7 Å². The molecule has 2 heterocycles. The largest absolute Gasteiger partial charge is 0.330 e. The molecule has 0 aliphatic carbocycles. The SMILES string of the molecule is Cn1cnc(S(=O)(=O)Nc2ncc[nH]2)c1Cl. The molecule has 2 N–H and O–H groups in total. The first kappa shape index (κ1) is 11.0. The van der Waals surface area contributed by atoms with Crippen molar-refractivity contribution in [3.05, 3.63) is 23.9 Å². The van der Waals surface area contributed by atoms with Gasteiger partial charge in [0.2, 0.25) is 11.0 Å². The Labute approximate surface area is 96.5 Å². The molecule has 0 aliphatic rings. The molecule has 86 valence electrons. The summed E-state index contributed by atoms with van der Waals surface area (Å²) in [5, 5.41) is -0.188. The predicted octanol–water partition coefficient (Wildman–Crippen LogP) is 0.597. The Hall–Kier alpha value is -1.54. The van der Waals surface area contributed by atoms with Crippen molar-refractivity contribution in [3.63, 3.8) is 0 Å². The van der Waals surface area contributed by atoms with E-state index in [2.05, 4.69) is 19.7 Å². The van der Waals surface area contributed by atoms with E-state index in [9.17, 15) is 8.42 Å². The Morgan fingerprint density at radius 1 is 1.50 bits per heavy atom. The van der Waals surface area contributed by atoms with Gasteiger partial charge in [0.1, 0.15) is 5.15 Å². The minimum absolute atomic E-state index is 0.0408. The fourth-order valence-corrected chi connectivity index (χ4v) is 2.48. The second-order valence-electron chi connectivity index (χ2n) is 2.99. The second-order valence-corrected chi connectivity index (χ2v) is 4.95. The maximum absolute atomic E-state index is 11.8. The number of nitrogens with zero attached hydrogens (tertiary/aromatic N) is 3. The molecule has 2 aromatic heterocycles. The molecule has 0 saturated carbocycles. The zero-order valence-corrected chi connectivity index (χ0v) is 9.75. The van der Waals surface area contributed by atoms with Crippen LogP contribution in [0.4, 0.5) is 5.95 Å². The standard InChI is InChI=1S/C7H8ClN5O2S/c1-13-4-11-6(5(13)8)16(14,15)12-7-9-2-3-10-7/h2-4H,1H3,(H2,9,10,12). The van der Waals surface area contributed by atoms with Crippen LogP contribution in [-0.2, 0) is 17.1 Å². The monoisotopic (exact) mass is 261 g/mol. The van der Waals surface area contributed by atoms with Crippen LogP contribution in [0.5, 0.6) is 0 Å². The third kappa shape index (κ3) is 1.89. The highest BCUT2D eigenvalue weighted by atomic mass is 35.5. The molecule has 0 saturated heterocycles. The predicted molar refractivity (Wildman–Crippen MR) is 57.6 cm³/mol. The molecule has 0 aromatic carbocycles. The van der Waals surface area contributed by atoms with Crippen LogP contribution in [0.25, 0.3) is 0 Å². The smallest absolute Gasteiger partial charge is 0.284 e. The topological polar surface area (TPSA) is 92.7 Å². The third-order valence-corrected chi connectivity index (χ3v) is 3.65. The molecule has 0 amide bonds. The average molecular weight is 262 g/mol. The van der Waals surface area contributed by atoms with Crippen molar-refractivity contribution in [1.29, 1.82) is 0 Å². The number of hydrogen-bond acceptors (Lipinski definition) is 4. The fourth-order valence-electron chi connectivity index (χ4n) is 1.07. The molecule has 0 fully saturated rings. The van der Waals surface area contributed by atoms with Crippen molar-refractivity contribution in [2.75, 3.05) is 4.72 Å². The molecular weight excluding hydrogens is 254 g/mol. The molecule has 2 rings (SSSR count). The Balaban J connectivity index is 2.36. The van der Waals surface area contributed by atoms with E-state index < -0.39 is 10.0 Å². The number of aromatic nitrogens is 4. The molecular formula is C7H8ClN5O2S. The summed E-state index contributed by atoms with van der Waals surface area (Å²) in [6, 6.07) is 0. The zero-order valence-electron chi connectivity index (χ0n) is 8.18. The van der Waals surface area contributed by atoms with Gasteiger partial charge in [-0.1, -0.05) is 11.6 Å². The maximum atomic E-state index is 11.8. The second kappa shape index (κ2) is 3.80. The number of aromatic amines is 1. The average Bonchev–Trinajstić information content (AvgIpc) is 2.78. The Bertz CT molecular complexity index is 588. The Kier molecular flexibility index (Phi) is 2.60. The van der Waals surface area contributed by atoms with Crippen molar-refractivity contribution in [1.82, 2.24) is 19.5 Å². The summed E-state index contributed by atoms with van der Waals surface area (Å²) in [4.78, 5) is 10.1. The number of anilines is 1. The first-order valence-electron chi connectivity index (χ1n) is 4.20. The highest BCUT2D eigenvalue weighted by Gasteiger charge is 2.22. The lowest BCUT2D eigenvalue weighted by Gasteiger charge is -2.02. The van der Waals surface area contributed by atoms with Gasteiger partial charge in [-0.15, -0.1) is 0 Å². The molecule has 9 heteroatoms. The van der Waals surface area contributed by atoms with Crippen LogP contribution < -0.4 is 4.72 Å². The van der Waals surface area contributed by atoms with Crippen LogP contribution in [0.1, 0.15) is 0 Å². The van der Waals surface area contributed by atoms with Gasteiger partial charge >= 0.3 is 0 Å². The minimum Gasteiger partial charge on any atom is -0.330 e. The van der Waals surface area contributed by atoms with E-state index in [4.69, 9.17) is 11.6 Å². The lowest BCUT2D eigenvalue weighted by molar-refractivity contribution is 0.598. The first-order chi connectivity index (χ1) is 7.50. The van der Waals surface area contributed by atoms with Gasteiger partial charge in [0.15, 0.2) is 0 Å². The summed E-state index contributed by atoms with van der Waals surface area (Å²) in [7, 11) is -2.20. The van der Waals surface area contributed by atoms with Crippen LogP contribution in [0.3, 0.4) is 0 Å². The third-order valence-electron chi connectivity index (χ3n) is 1.82. The lowest BCUT2D eigenvalue weighted by Crippen LogP contribution is -2.15. The van der Waals surface area contributed by atoms with Crippen molar-refractivity contribution < 1.29 is 8.42 Å². The van der Waals surface area contributed by atoms with E-state index in [1.54, 1.807) is 7.05 Å². The molecule has 0 bridgehead atoms. The number of H-pyrrole nitrogens is 1. The van der Waals surface area contributed by atoms with Gasteiger partial charge < -0.3 is 9.55 Å². The summed E-state index contributed by atoms with van der Waals surface area (Å²) < 4.78 is 27.2. The van der Waals surface area contributed by atoms with Crippen LogP contribution >= 0.6 is 11.6 Å². The number of hydrogen-bond donors (Lipinski definition) is 2. The van der Waals surface area contributed by atoms with Crippen molar-refractivity contribution in [3.8, 4) is 0 Å². The lowest BCUT2D eigenvalue weighted by atomic mass is 10.9. The summed E-state index contributed by atoms with van der Waals surface area (Å²) >= 11 is 5.78. The Morgan fingerprint density at radius 3 is 2.75 bits per heavy atom. The molecule has 0 atom stereocenters. The number of imidazole rings is 2. The van der Waals surface area contributed by atoms with E-state index in [0.717, 1.165) is 0 Å². The summed E-state index contributed by atoms with van der Waals surface area (Å²) in [5.41, 5.74) is 0. The summed E-state index contributed by atoms with van der Waals surface area (Å²) in [5.74, 6) is 0.113. The van der Waals surface area contributed by atoms with Crippen molar-refractivity contribution >= 4 is 27.6 Å². The summed E-state index contributed by atoms with van der Waals surface area (Å²) in [6.07, 6.45) is 4.24. The van der Waals surface area contributed by atoms with E-state index in [-0.39, 0.29) is 16.1 Å². The normalized spacial score (nSPS) is 11.6. The molecule has 0 spiro atoms. The van der Waals surface area contributed by atoms with Crippen molar-refractivity contribution in [2.45, 2.75) is 5.03 Å². The van der Waals surface area contributed by atoms with Crippen LogP contribution in [-0.4, -0.2) is 27.9 Å². The number of nitrogens with one attached hydrogen (secondary N) is 2. The van der Waals surface area contributed by atoms with Gasteiger partial charge in [-0.2, -0.15) is 8.42 Å². The molecule has 7 nitrogen and oxygen atoms in total. The minimum atomic E-state index is -3.80. The number of aryl methyl sites for hydroxylation is 1. The highest BCUT2D eigenvalue weighted by Crippen LogP contribution is 2.20. The van der Waals surface area contributed by atoms with E-state index >= 15 is 0 Å². The quantitative estimate of drug-likeness (QED) is 0.846. The van der Waals surface area contributed by atoms with Gasteiger partial charge in [0.05, 0.1) is 6.33 Å². The zero-order chi connectivity index (χ0) is 11.8. The number of rotatable bonds is 3. The first-order valence-corrected chi connectivity index (χ1v) is 6.06. The van der Waals surface area contributed by atoms with Crippen LogP contribution in [0.15, 0.2) is 23.7 Å². The molecule has 16 heavy (non-hydrogen) atoms. The number of halogens is 1. The fraction of sp³-hybridized carbons (Fsp3) is 0.143. The molecule has 0 radical (unpaired) electrons. The van der Waals surface area contributed by atoms with Crippen LogP contribution in [0, 0.1) is 0 Å². The highest BCUT2D eigenvalue weighted by molar-refractivity contribution is 7.92. The number of sulfonamides is 1. The Morgan fingerprint density at radius 2 is 2.25 bits per heavy atom. The van der Waals surface area contributed by atoms with E-state index in [1.165, 1.54) is 23.3 Å². The summed E-state index contributed by atoms with van der Waals surface area (Å²) in [6.45, 7) is 0. The van der Waals surface area contributed by atoms with Crippen molar-refractivity contribution in [2.24, 2.45) is 7.05 Å². The van der Waals surface area contributed by atoms with Gasteiger partial charge in [-0.3, -0.25) is 0 Å².